The highest BCUT2D eigenvalue weighted by molar-refractivity contribution is 6.12. The summed E-state index contributed by atoms with van der Waals surface area (Å²) in [5.74, 6) is -0.593. The Hall–Kier alpha value is -3.08. The second-order valence-corrected chi connectivity index (χ2v) is 5.19. The first-order valence-corrected chi connectivity index (χ1v) is 7.14. The number of nitrogens with one attached hydrogen (secondary N) is 1. The Balaban J connectivity index is 1.85. The van der Waals surface area contributed by atoms with Gasteiger partial charge in [0.05, 0.1) is 12.7 Å². The van der Waals surface area contributed by atoms with Gasteiger partial charge in [-0.05, 0) is 42.5 Å². The molecule has 116 valence electrons. The first kappa shape index (κ1) is 14.8. The molecule has 2 aromatic carbocycles. The molecule has 0 unspecified atom stereocenters. The Morgan fingerprint density at radius 1 is 1.04 bits per heavy atom. The van der Waals surface area contributed by atoms with Crippen molar-refractivity contribution in [3.8, 4) is 0 Å². The number of aromatic nitrogens is 1. The minimum absolute atomic E-state index is 0.187. The topological polar surface area (TPSA) is 60.3 Å². The first-order valence-electron chi connectivity index (χ1n) is 7.14. The van der Waals surface area contributed by atoms with Crippen LogP contribution in [0.4, 0.5) is 5.69 Å². The molecule has 1 aromatic heterocycles. The van der Waals surface area contributed by atoms with E-state index in [4.69, 9.17) is 0 Å². The number of aryl methyl sites for hydroxylation is 1. The van der Waals surface area contributed by atoms with Gasteiger partial charge in [0.2, 0.25) is 0 Å². The molecule has 1 heterocycles. The number of fused-ring (bicyclic) bond motifs is 1. The van der Waals surface area contributed by atoms with E-state index in [1.54, 1.807) is 30.3 Å². The van der Waals surface area contributed by atoms with E-state index in [9.17, 15) is 9.59 Å². The van der Waals surface area contributed by atoms with Gasteiger partial charge in [0, 0.05) is 35.4 Å². The van der Waals surface area contributed by atoms with Crippen LogP contribution in [0.25, 0.3) is 10.9 Å². The van der Waals surface area contributed by atoms with Crippen LogP contribution in [0.2, 0.25) is 0 Å². The molecule has 0 spiro atoms. The summed E-state index contributed by atoms with van der Waals surface area (Å²) >= 11 is 0. The molecule has 5 nitrogen and oxygen atoms in total. The minimum Gasteiger partial charge on any atom is -0.465 e. The van der Waals surface area contributed by atoms with Crippen molar-refractivity contribution in [2.75, 3.05) is 12.4 Å². The van der Waals surface area contributed by atoms with Crippen LogP contribution in [-0.2, 0) is 11.8 Å². The largest absolute Gasteiger partial charge is 0.465 e. The number of hydrogen-bond donors (Lipinski definition) is 1. The normalized spacial score (nSPS) is 10.5. The van der Waals surface area contributed by atoms with Crippen molar-refractivity contribution in [1.29, 1.82) is 0 Å². The lowest BCUT2D eigenvalue weighted by atomic mass is 10.1. The van der Waals surface area contributed by atoms with Gasteiger partial charge < -0.3 is 14.6 Å². The molecule has 3 aromatic rings. The highest BCUT2D eigenvalue weighted by Crippen LogP contribution is 2.21. The molecule has 0 aliphatic carbocycles. The van der Waals surface area contributed by atoms with E-state index in [0.29, 0.717) is 16.8 Å². The number of methoxy groups -OCH3 is 1. The second-order valence-electron chi connectivity index (χ2n) is 5.19. The molecule has 0 atom stereocenters. The molecular weight excluding hydrogens is 292 g/mol. The van der Waals surface area contributed by atoms with E-state index in [2.05, 4.69) is 10.1 Å². The maximum absolute atomic E-state index is 12.5. The number of rotatable bonds is 3. The van der Waals surface area contributed by atoms with Crippen molar-refractivity contribution >= 4 is 28.5 Å². The highest BCUT2D eigenvalue weighted by atomic mass is 16.5. The van der Waals surface area contributed by atoms with Gasteiger partial charge in [-0.2, -0.15) is 0 Å². The van der Waals surface area contributed by atoms with E-state index in [1.807, 2.05) is 36.0 Å². The van der Waals surface area contributed by atoms with E-state index < -0.39 is 5.97 Å². The molecule has 0 radical (unpaired) electrons. The molecule has 1 N–H and O–H groups in total. The summed E-state index contributed by atoms with van der Waals surface area (Å²) in [7, 11) is 3.27. The number of esters is 1. The van der Waals surface area contributed by atoms with Crippen LogP contribution in [0, 0.1) is 0 Å². The van der Waals surface area contributed by atoms with Crippen molar-refractivity contribution in [3.63, 3.8) is 0 Å². The number of hydrogen-bond acceptors (Lipinski definition) is 3. The number of ether oxygens (including phenoxy) is 1. The van der Waals surface area contributed by atoms with Gasteiger partial charge in [0.1, 0.15) is 0 Å². The Morgan fingerprint density at radius 3 is 2.48 bits per heavy atom. The number of nitrogens with zero attached hydrogens (tertiary/aromatic N) is 1. The maximum Gasteiger partial charge on any atom is 0.337 e. The molecule has 0 bridgehead atoms. The van der Waals surface area contributed by atoms with E-state index in [0.717, 1.165) is 10.9 Å². The average molecular weight is 308 g/mol. The third-order valence-electron chi connectivity index (χ3n) is 3.74. The predicted molar refractivity (Wildman–Crippen MR) is 88.7 cm³/mol. The van der Waals surface area contributed by atoms with Crippen molar-refractivity contribution < 1.29 is 14.3 Å². The van der Waals surface area contributed by atoms with Crippen molar-refractivity contribution in [1.82, 2.24) is 4.57 Å². The molecule has 5 heteroatoms. The van der Waals surface area contributed by atoms with Crippen molar-refractivity contribution in [2.45, 2.75) is 0 Å². The summed E-state index contributed by atoms with van der Waals surface area (Å²) in [5, 5.41) is 3.75. The van der Waals surface area contributed by atoms with E-state index in [1.165, 1.54) is 7.11 Å². The summed E-state index contributed by atoms with van der Waals surface area (Å²) < 4.78 is 6.62. The molecular formula is C18H16N2O3. The monoisotopic (exact) mass is 308 g/mol. The van der Waals surface area contributed by atoms with Crippen molar-refractivity contribution in [2.24, 2.45) is 7.05 Å². The van der Waals surface area contributed by atoms with Gasteiger partial charge in [0.15, 0.2) is 0 Å². The lowest BCUT2D eigenvalue weighted by Crippen LogP contribution is -2.12. The van der Waals surface area contributed by atoms with Gasteiger partial charge in [-0.1, -0.05) is 6.07 Å². The Kier molecular flexibility index (Phi) is 3.85. The zero-order valence-electron chi connectivity index (χ0n) is 12.9. The zero-order valence-corrected chi connectivity index (χ0v) is 12.9. The minimum atomic E-state index is -0.406. The van der Waals surface area contributed by atoms with Gasteiger partial charge in [-0.25, -0.2) is 4.79 Å². The molecule has 23 heavy (non-hydrogen) atoms. The summed E-state index contributed by atoms with van der Waals surface area (Å²) in [6, 6.07) is 14.1. The number of amides is 1. The van der Waals surface area contributed by atoms with Gasteiger partial charge >= 0.3 is 5.97 Å². The SMILES string of the molecule is COC(=O)c1ccc(NC(=O)c2cccc3c2ccn3C)cc1. The molecule has 0 fully saturated rings. The van der Waals surface area contributed by atoms with Crippen LogP contribution in [-0.4, -0.2) is 23.6 Å². The molecule has 0 saturated carbocycles. The number of anilines is 1. The predicted octanol–water partition coefficient (Wildman–Crippen LogP) is 3.22. The molecule has 0 aliphatic heterocycles. The average Bonchev–Trinajstić information content (AvgIpc) is 2.96. The summed E-state index contributed by atoms with van der Waals surface area (Å²) in [6.45, 7) is 0. The maximum atomic E-state index is 12.5. The van der Waals surface area contributed by atoms with Crippen LogP contribution in [0.5, 0.6) is 0 Å². The Bertz CT molecular complexity index is 879. The second kappa shape index (κ2) is 5.96. The number of carbonyl (C=O) groups excluding carboxylic acids is 2. The number of benzene rings is 2. The van der Waals surface area contributed by atoms with Gasteiger partial charge in [0.25, 0.3) is 5.91 Å². The van der Waals surface area contributed by atoms with Crippen molar-refractivity contribution in [3.05, 3.63) is 65.9 Å². The van der Waals surface area contributed by atoms with Crippen LogP contribution in [0.3, 0.4) is 0 Å². The standard InChI is InChI=1S/C18H16N2O3/c1-20-11-10-14-15(4-3-5-16(14)20)17(21)19-13-8-6-12(7-9-13)18(22)23-2/h3-11H,1-2H3,(H,19,21). The van der Waals surface area contributed by atoms with Crippen LogP contribution < -0.4 is 5.32 Å². The quantitative estimate of drug-likeness (QED) is 0.756. The zero-order chi connectivity index (χ0) is 16.4. The first-order chi connectivity index (χ1) is 11.1. The molecule has 0 aliphatic rings. The molecule has 0 saturated heterocycles. The van der Waals surface area contributed by atoms with Crippen LogP contribution >= 0.6 is 0 Å². The Morgan fingerprint density at radius 2 is 1.78 bits per heavy atom. The lowest BCUT2D eigenvalue weighted by Gasteiger charge is -2.07. The van der Waals surface area contributed by atoms with Crippen LogP contribution in [0.1, 0.15) is 20.7 Å². The molecule has 1 amide bonds. The smallest absolute Gasteiger partial charge is 0.337 e. The number of carbonyl (C=O) groups is 2. The Labute approximate surface area is 133 Å². The fraction of sp³-hybridized carbons (Fsp3) is 0.111. The van der Waals surface area contributed by atoms with Gasteiger partial charge in [-0.15, -0.1) is 0 Å². The third kappa shape index (κ3) is 2.81. The lowest BCUT2D eigenvalue weighted by molar-refractivity contribution is 0.0600. The fourth-order valence-corrected chi connectivity index (χ4v) is 2.51. The summed E-state index contributed by atoms with van der Waals surface area (Å²) in [6.07, 6.45) is 1.92. The summed E-state index contributed by atoms with van der Waals surface area (Å²) in [4.78, 5) is 23.9. The summed E-state index contributed by atoms with van der Waals surface area (Å²) in [5.41, 5.74) is 2.67. The van der Waals surface area contributed by atoms with Gasteiger partial charge in [-0.3, -0.25) is 4.79 Å². The third-order valence-corrected chi connectivity index (χ3v) is 3.74. The van der Waals surface area contributed by atoms with E-state index in [-0.39, 0.29) is 5.91 Å². The highest BCUT2D eigenvalue weighted by Gasteiger charge is 2.12. The van der Waals surface area contributed by atoms with E-state index >= 15 is 0 Å². The van der Waals surface area contributed by atoms with Crippen LogP contribution in [0.15, 0.2) is 54.7 Å². The fourth-order valence-electron chi connectivity index (χ4n) is 2.51. The molecule has 3 rings (SSSR count).